The van der Waals surface area contributed by atoms with Crippen LogP contribution in [0.3, 0.4) is 0 Å². The Hall–Kier alpha value is -5.31. The van der Waals surface area contributed by atoms with Gasteiger partial charge in [0, 0.05) is 64.7 Å². The highest BCUT2D eigenvalue weighted by atomic mass is 16.4. The molecule has 0 radical (unpaired) electrons. The van der Waals surface area contributed by atoms with E-state index in [1.807, 2.05) is 53.2 Å². The molecule has 9 nitrogen and oxygen atoms in total. The zero-order valence-electron chi connectivity index (χ0n) is 21.8. The van der Waals surface area contributed by atoms with Crippen LogP contribution in [0.15, 0.2) is 96.1 Å². The number of hydrogen-bond donors (Lipinski definition) is 1. The third-order valence-electron chi connectivity index (χ3n) is 6.91. The molecule has 0 aliphatic carbocycles. The van der Waals surface area contributed by atoms with Crippen LogP contribution in [0.5, 0.6) is 0 Å². The van der Waals surface area contributed by atoms with E-state index < -0.39 is 6.04 Å². The molecule has 2 aromatic carbocycles. The summed E-state index contributed by atoms with van der Waals surface area (Å²) in [5.41, 5.74) is 5.66. The van der Waals surface area contributed by atoms with Gasteiger partial charge in [0.1, 0.15) is 23.7 Å². The maximum Gasteiger partial charge on any atom is 0.217 e. The van der Waals surface area contributed by atoms with Crippen LogP contribution in [-0.4, -0.2) is 37.2 Å². The topological polar surface area (TPSA) is 110 Å². The van der Waals surface area contributed by atoms with E-state index in [1.54, 1.807) is 43.0 Å². The van der Waals surface area contributed by atoms with Crippen molar-refractivity contribution in [3.8, 4) is 16.9 Å². The first-order chi connectivity index (χ1) is 19.7. The van der Waals surface area contributed by atoms with Gasteiger partial charge in [-0.2, -0.15) is 0 Å². The first-order valence-corrected chi connectivity index (χ1v) is 13.0. The van der Waals surface area contributed by atoms with Gasteiger partial charge in [0.15, 0.2) is 0 Å². The molecule has 1 N–H and O–H groups in total. The molecule has 40 heavy (non-hydrogen) atoms. The number of aldehydes is 1. The summed E-state index contributed by atoms with van der Waals surface area (Å²) in [6.07, 6.45) is 9.79. The van der Waals surface area contributed by atoms with Gasteiger partial charge in [0.25, 0.3) is 0 Å². The van der Waals surface area contributed by atoms with E-state index in [2.05, 4.69) is 21.9 Å². The number of furan rings is 1. The van der Waals surface area contributed by atoms with E-state index in [-0.39, 0.29) is 0 Å². The van der Waals surface area contributed by atoms with Crippen molar-refractivity contribution >= 4 is 29.5 Å². The number of pyridine rings is 1. The normalized spacial score (nSPS) is 11.9. The maximum absolute atomic E-state index is 12.6. The number of aromatic nitrogens is 5. The van der Waals surface area contributed by atoms with Crippen molar-refractivity contribution < 1.29 is 14.0 Å². The number of fused-ring (bicyclic) bond motifs is 1. The molecule has 6 rings (SSSR count). The SMILES string of the molecule is CCc1[nH]c([C@H](Cc2ccccn2)N(C=O)c2cc3cc(C=O)ccc3o2)nc1-c1ccc(-n2ccnc2)cc1. The maximum atomic E-state index is 12.6. The summed E-state index contributed by atoms with van der Waals surface area (Å²) in [5.74, 6) is 0.979. The molecule has 1 amide bonds. The number of rotatable bonds is 10. The molecule has 4 aromatic heterocycles. The zero-order chi connectivity index (χ0) is 27.5. The molecule has 0 spiro atoms. The van der Waals surface area contributed by atoms with E-state index in [9.17, 15) is 9.59 Å². The first kappa shape index (κ1) is 25.0. The number of H-pyrrole nitrogens is 1. The largest absolute Gasteiger partial charge is 0.440 e. The van der Waals surface area contributed by atoms with Gasteiger partial charge in [0.2, 0.25) is 12.3 Å². The van der Waals surface area contributed by atoms with Crippen LogP contribution in [0.4, 0.5) is 5.88 Å². The molecule has 4 heterocycles. The highest BCUT2D eigenvalue weighted by Crippen LogP contribution is 2.34. The van der Waals surface area contributed by atoms with Crippen LogP contribution in [0.25, 0.3) is 27.9 Å². The lowest BCUT2D eigenvalue weighted by Crippen LogP contribution is -2.29. The van der Waals surface area contributed by atoms with E-state index in [0.29, 0.717) is 29.3 Å². The molecule has 198 valence electrons. The van der Waals surface area contributed by atoms with Crippen LogP contribution in [0.2, 0.25) is 0 Å². The number of benzene rings is 2. The summed E-state index contributed by atoms with van der Waals surface area (Å²) in [4.78, 5) is 42.6. The third-order valence-corrected chi connectivity index (χ3v) is 6.91. The lowest BCUT2D eigenvalue weighted by molar-refractivity contribution is -0.108. The average molecular weight is 531 g/mol. The van der Waals surface area contributed by atoms with Crippen molar-refractivity contribution in [1.82, 2.24) is 24.5 Å². The van der Waals surface area contributed by atoms with Crippen molar-refractivity contribution in [1.29, 1.82) is 0 Å². The Balaban J connectivity index is 1.41. The molecule has 1 atom stereocenters. The number of nitrogens with one attached hydrogen (secondary N) is 1. The predicted octanol–water partition coefficient (Wildman–Crippen LogP) is 5.73. The Morgan fingerprint density at radius 3 is 2.62 bits per heavy atom. The van der Waals surface area contributed by atoms with Crippen molar-refractivity contribution in [3.05, 3.63) is 114 Å². The molecule has 0 saturated carbocycles. The Morgan fingerprint density at radius 2 is 1.93 bits per heavy atom. The standard InChI is InChI=1S/C31H26N6O3/c1-2-26-30(22-7-9-25(10-8-22)36-14-13-32-19-36)35-31(34-26)27(17-24-5-3-4-12-33-24)37(20-39)29-16-23-15-21(18-38)6-11-28(23)40-29/h3-16,18-20,27H,2,17H2,1H3,(H,34,35)/t27-/m0/s1. The number of hydrogen-bond acceptors (Lipinski definition) is 6. The van der Waals surface area contributed by atoms with Gasteiger partial charge in [-0.25, -0.2) is 9.97 Å². The van der Waals surface area contributed by atoms with E-state index in [0.717, 1.165) is 52.8 Å². The number of nitrogens with zero attached hydrogens (tertiary/aromatic N) is 5. The van der Waals surface area contributed by atoms with Crippen LogP contribution in [0.1, 0.15) is 40.5 Å². The highest BCUT2D eigenvalue weighted by Gasteiger charge is 2.28. The molecular formula is C31H26N6O3. The van der Waals surface area contributed by atoms with Gasteiger partial charge >= 0.3 is 0 Å². The molecule has 9 heteroatoms. The van der Waals surface area contributed by atoms with Gasteiger partial charge in [-0.3, -0.25) is 19.5 Å². The molecule has 0 unspecified atom stereocenters. The summed E-state index contributed by atoms with van der Waals surface area (Å²) in [5, 5.41) is 0.732. The highest BCUT2D eigenvalue weighted by molar-refractivity contribution is 5.89. The van der Waals surface area contributed by atoms with E-state index in [1.165, 1.54) is 4.90 Å². The number of carbonyl (C=O) groups excluding carboxylic acids is 2. The minimum atomic E-state index is -0.525. The van der Waals surface area contributed by atoms with Crippen LogP contribution >= 0.6 is 0 Å². The fourth-order valence-electron chi connectivity index (χ4n) is 4.86. The van der Waals surface area contributed by atoms with Gasteiger partial charge in [-0.1, -0.05) is 25.1 Å². The van der Waals surface area contributed by atoms with Gasteiger partial charge in [-0.15, -0.1) is 0 Å². The van der Waals surface area contributed by atoms with Crippen LogP contribution in [-0.2, 0) is 17.6 Å². The lowest BCUT2D eigenvalue weighted by Gasteiger charge is -2.24. The summed E-state index contributed by atoms with van der Waals surface area (Å²) < 4.78 is 8.01. The second-order valence-electron chi connectivity index (χ2n) is 9.37. The molecule has 0 saturated heterocycles. The molecule has 0 aliphatic rings. The number of imidazole rings is 2. The summed E-state index contributed by atoms with van der Waals surface area (Å²) in [7, 11) is 0. The average Bonchev–Trinajstić information content (AvgIpc) is 3.77. The fraction of sp³-hybridized carbons (Fsp3) is 0.129. The van der Waals surface area contributed by atoms with Crippen LogP contribution < -0.4 is 4.90 Å². The second-order valence-corrected chi connectivity index (χ2v) is 9.37. The predicted molar refractivity (Wildman–Crippen MR) is 151 cm³/mol. The molecular weight excluding hydrogens is 504 g/mol. The van der Waals surface area contributed by atoms with Gasteiger partial charge in [0.05, 0.1) is 12.0 Å². The molecule has 0 fully saturated rings. The zero-order valence-corrected chi connectivity index (χ0v) is 21.8. The van der Waals surface area contributed by atoms with Crippen molar-refractivity contribution in [2.45, 2.75) is 25.8 Å². The minimum absolute atomic E-state index is 0.356. The van der Waals surface area contributed by atoms with Gasteiger partial charge in [-0.05, 0) is 48.9 Å². The number of anilines is 1. The number of aryl methyl sites for hydroxylation is 1. The Morgan fingerprint density at radius 1 is 1.05 bits per heavy atom. The van der Waals surface area contributed by atoms with Crippen LogP contribution in [0, 0.1) is 0 Å². The lowest BCUT2D eigenvalue weighted by atomic mass is 10.1. The smallest absolute Gasteiger partial charge is 0.217 e. The van der Waals surface area contributed by atoms with E-state index >= 15 is 0 Å². The Labute approximate surface area is 230 Å². The Kier molecular flexibility index (Phi) is 6.76. The van der Waals surface area contributed by atoms with Crippen molar-refractivity contribution in [3.63, 3.8) is 0 Å². The van der Waals surface area contributed by atoms with Crippen molar-refractivity contribution in [2.75, 3.05) is 4.90 Å². The number of amides is 1. The fourth-order valence-corrected chi connectivity index (χ4v) is 4.86. The summed E-state index contributed by atoms with van der Waals surface area (Å²) >= 11 is 0. The minimum Gasteiger partial charge on any atom is -0.440 e. The molecule has 0 bridgehead atoms. The summed E-state index contributed by atoms with van der Waals surface area (Å²) in [6, 6.07) is 20.2. The summed E-state index contributed by atoms with van der Waals surface area (Å²) in [6.45, 7) is 2.07. The molecule has 0 aliphatic heterocycles. The number of carbonyl (C=O) groups is 2. The molecule has 6 aromatic rings. The van der Waals surface area contributed by atoms with Gasteiger partial charge < -0.3 is 14.0 Å². The van der Waals surface area contributed by atoms with Crippen molar-refractivity contribution in [2.24, 2.45) is 0 Å². The third kappa shape index (κ3) is 4.80. The second kappa shape index (κ2) is 10.8. The van der Waals surface area contributed by atoms with E-state index in [4.69, 9.17) is 9.40 Å². The monoisotopic (exact) mass is 530 g/mol. The Bertz CT molecular complexity index is 1750. The quantitative estimate of drug-likeness (QED) is 0.227. The first-order valence-electron chi connectivity index (χ1n) is 13.0. The number of aromatic amines is 1.